The zero-order valence-electron chi connectivity index (χ0n) is 7.42. The molecule has 0 heterocycles. The Hall–Kier alpha value is -0.610. The molecule has 0 bridgehead atoms. The van der Waals surface area contributed by atoms with Gasteiger partial charge in [0.25, 0.3) is 0 Å². The lowest BCUT2D eigenvalue weighted by atomic mass is 10.1. The number of benzene rings is 1. The Bertz CT molecular complexity index is 339. The Morgan fingerprint density at radius 2 is 2.14 bits per heavy atom. The largest absolute Gasteiger partial charge is 0.298 e. The molecule has 76 valence electrons. The van der Waals surface area contributed by atoms with E-state index < -0.39 is 0 Å². The van der Waals surface area contributed by atoms with Crippen LogP contribution in [0, 0.1) is 0 Å². The summed E-state index contributed by atoms with van der Waals surface area (Å²) in [5, 5.41) is 0.621. The van der Waals surface area contributed by atoms with E-state index in [0.29, 0.717) is 21.9 Å². The van der Waals surface area contributed by atoms with Gasteiger partial charge in [0.1, 0.15) is 6.61 Å². The van der Waals surface area contributed by atoms with Crippen LogP contribution < -0.4 is 0 Å². The fourth-order valence-corrected chi connectivity index (χ4v) is 1.47. The average molecular weight is 235 g/mol. The minimum Gasteiger partial charge on any atom is -0.298 e. The lowest BCUT2D eigenvalue weighted by Gasteiger charge is -2.06. The Balaban J connectivity index is 3.02. The minimum absolute atomic E-state index is 0.174. The molecule has 0 N–H and O–H groups in total. The Labute approximate surface area is 91.5 Å². The molecule has 0 fully saturated rings. The number of hydrogen-bond acceptors (Lipinski definition) is 3. The van der Waals surface area contributed by atoms with Gasteiger partial charge in [0.15, 0.2) is 6.29 Å². The monoisotopic (exact) mass is 234 g/mol. The van der Waals surface area contributed by atoms with Gasteiger partial charge in [-0.3, -0.25) is 4.79 Å². The van der Waals surface area contributed by atoms with Crippen molar-refractivity contribution >= 4 is 29.5 Å². The predicted molar refractivity (Wildman–Crippen MR) is 53.6 cm³/mol. The van der Waals surface area contributed by atoms with Crippen molar-refractivity contribution in [1.29, 1.82) is 0 Å². The maximum atomic E-state index is 10.6. The maximum Gasteiger partial charge on any atom is 0.153 e. The van der Waals surface area contributed by atoms with Crippen molar-refractivity contribution in [1.82, 2.24) is 0 Å². The van der Waals surface area contributed by atoms with Crippen LogP contribution in [-0.4, -0.2) is 13.4 Å². The molecule has 0 aromatic heterocycles. The first-order valence-electron chi connectivity index (χ1n) is 3.78. The van der Waals surface area contributed by atoms with E-state index in [4.69, 9.17) is 28.1 Å². The smallest absolute Gasteiger partial charge is 0.153 e. The second-order valence-corrected chi connectivity index (χ2v) is 3.27. The summed E-state index contributed by atoms with van der Waals surface area (Å²) < 4.78 is 0. The molecule has 1 rings (SSSR count). The van der Waals surface area contributed by atoms with Gasteiger partial charge in [-0.05, 0) is 6.07 Å². The quantitative estimate of drug-likeness (QED) is 0.457. The molecule has 3 nitrogen and oxygen atoms in total. The molecule has 0 unspecified atom stereocenters. The molecule has 0 saturated heterocycles. The lowest BCUT2D eigenvalue weighted by Crippen LogP contribution is -1.95. The van der Waals surface area contributed by atoms with E-state index in [1.807, 2.05) is 0 Å². The van der Waals surface area contributed by atoms with E-state index in [-0.39, 0.29) is 12.2 Å². The minimum atomic E-state index is 0.174. The summed E-state index contributed by atoms with van der Waals surface area (Å²) in [6.45, 7) is 0.174. The molecule has 0 saturated carbocycles. The van der Waals surface area contributed by atoms with Gasteiger partial charge < -0.3 is 0 Å². The Morgan fingerprint density at radius 3 is 2.71 bits per heavy atom. The van der Waals surface area contributed by atoms with Crippen LogP contribution in [0.3, 0.4) is 0 Å². The van der Waals surface area contributed by atoms with Crippen molar-refractivity contribution in [2.75, 3.05) is 7.11 Å². The molecule has 14 heavy (non-hydrogen) atoms. The van der Waals surface area contributed by atoms with Crippen molar-refractivity contribution in [3.63, 3.8) is 0 Å². The highest BCUT2D eigenvalue weighted by atomic mass is 35.5. The maximum absolute atomic E-state index is 10.6. The van der Waals surface area contributed by atoms with Gasteiger partial charge in [0, 0.05) is 5.56 Å². The van der Waals surface area contributed by atoms with Crippen molar-refractivity contribution in [3.8, 4) is 0 Å². The molecule has 1 aromatic rings. The summed E-state index contributed by atoms with van der Waals surface area (Å²) in [4.78, 5) is 19.8. The molecule has 0 aliphatic carbocycles. The summed E-state index contributed by atoms with van der Waals surface area (Å²) in [5.74, 6) is 0. The van der Waals surface area contributed by atoms with Gasteiger partial charge in [0.05, 0.1) is 22.7 Å². The first-order valence-corrected chi connectivity index (χ1v) is 4.54. The van der Waals surface area contributed by atoms with Crippen LogP contribution in [0.4, 0.5) is 0 Å². The first-order chi connectivity index (χ1) is 6.70. The van der Waals surface area contributed by atoms with Gasteiger partial charge in [-0.25, -0.2) is 9.78 Å². The van der Waals surface area contributed by atoms with E-state index in [2.05, 4.69) is 4.89 Å². The normalized spacial score (nSPS) is 10.2. The summed E-state index contributed by atoms with van der Waals surface area (Å²) in [6, 6.07) is 3.27. The first kappa shape index (κ1) is 11.5. The third-order valence-electron chi connectivity index (χ3n) is 1.66. The summed E-state index contributed by atoms with van der Waals surface area (Å²) in [6.07, 6.45) is 0.612. The molecule has 0 spiro atoms. The van der Waals surface area contributed by atoms with Crippen molar-refractivity contribution in [2.45, 2.75) is 6.61 Å². The number of hydrogen-bond donors (Lipinski definition) is 0. The molecular formula is C9H8Cl2O3. The van der Waals surface area contributed by atoms with Crippen molar-refractivity contribution in [3.05, 3.63) is 33.3 Å². The van der Waals surface area contributed by atoms with Crippen LogP contribution in [0.5, 0.6) is 0 Å². The third-order valence-corrected chi connectivity index (χ3v) is 2.43. The van der Waals surface area contributed by atoms with Crippen LogP contribution in [0.15, 0.2) is 12.1 Å². The van der Waals surface area contributed by atoms with Crippen molar-refractivity contribution in [2.24, 2.45) is 0 Å². The highest BCUT2D eigenvalue weighted by Gasteiger charge is 2.09. The SMILES string of the molecule is COOCc1ccc(Cl)c(C=O)c1Cl. The van der Waals surface area contributed by atoms with Crippen LogP contribution in [0.2, 0.25) is 10.0 Å². The van der Waals surface area contributed by atoms with Gasteiger partial charge in [-0.1, -0.05) is 29.3 Å². The highest BCUT2D eigenvalue weighted by Crippen LogP contribution is 2.27. The third kappa shape index (κ3) is 2.45. The number of aldehydes is 1. The molecule has 0 aliphatic rings. The molecule has 0 radical (unpaired) electrons. The van der Waals surface area contributed by atoms with Gasteiger partial charge in [0.2, 0.25) is 0 Å². The average Bonchev–Trinajstić information content (AvgIpc) is 2.18. The summed E-state index contributed by atoms with van der Waals surface area (Å²) in [7, 11) is 1.39. The summed E-state index contributed by atoms with van der Waals surface area (Å²) in [5.41, 5.74) is 0.922. The van der Waals surface area contributed by atoms with E-state index in [9.17, 15) is 4.79 Å². The number of rotatable bonds is 4. The van der Waals surface area contributed by atoms with Gasteiger partial charge in [-0.2, -0.15) is 0 Å². The number of carbonyl (C=O) groups excluding carboxylic acids is 1. The molecular weight excluding hydrogens is 227 g/mol. The molecule has 5 heteroatoms. The van der Waals surface area contributed by atoms with Crippen LogP contribution in [0.1, 0.15) is 15.9 Å². The van der Waals surface area contributed by atoms with E-state index in [1.165, 1.54) is 7.11 Å². The molecule has 0 atom stereocenters. The van der Waals surface area contributed by atoms with Crippen LogP contribution in [-0.2, 0) is 16.4 Å². The van der Waals surface area contributed by atoms with Gasteiger partial charge >= 0.3 is 0 Å². The van der Waals surface area contributed by atoms with Crippen LogP contribution >= 0.6 is 23.2 Å². The zero-order chi connectivity index (χ0) is 10.6. The molecule has 1 aromatic carbocycles. The molecule has 0 amide bonds. The highest BCUT2D eigenvalue weighted by molar-refractivity contribution is 6.38. The van der Waals surface area contributed by atoms with Crippen molar-refractivity contribution < 1.29 is 14.6 Å². The lowest BCUT2D eigenvalue weighted by molar-refractivity contribution is -0.282. The fourth-order valence-electron chi connectivity index (χ4n) is 0.956. The van der Waals surface area contributed by atoms with Crippen LogP contribution in [0.25, 0.3) is 0 Å². The van der Waals surface area contributed by atoms with E-state index in [1.54, 1.807) is 12.1 Å². The number of halogens is 2. The van der Waals surface area contributed by atoms with E-state index in [0.717, 1.165) is 0 Å². The van der Waals surface area contributed by atoms with E-state index >= 15 is 0 Å². The number of carbonyl (C=O) groups is 1. The molecule has 0 aliphatic heterocycles. The summed E-state index contributed by atoms with van der Waals surface area (Å²) >= 11 is 11.6. The predicted octanol–water partition coefficient (Wildman–Crippen LogP) is 2.88. The topological polar surface area (TPSA) is 35.5 Å². The zero-order valence-corrected chi connectivity index (χ0v) is 8.93. The Kier molecular flexibility index (Phi) is 4.35. The second kappa shape index (κ2) is 5.32. The second-order valence-electron chi connectivity index (χ2n) is 2.48. The van der Waals surface area contributed by atoms with Gasteiger partial charge in [-0.15, -0.1) is 0 Å². The standard InChI is InChI=1S/C9H8Cl2O3/c1-13-14-5-6-2-3-8(10)7(4-12)9(6)11/h2-4H,5H2,1H3. The Morgan fingerprint density at radius 1 is 1.43 bits per heavy atom. The fraction of sp³-hybridized carbons (Fsp3) is 0.222.